The van der Waals surface area contributed by atoms with Gasteiger partial charge in [0, 0.05) is 30.5 Å². The summed E-state index contributed by atoms with van der Waals surface area (Å²) in [7, 11) is 0. The van der Waals surface area contributed by atoms with Crippen LogP contribution in [0.1, 0.15) is 5.56 Å². The summed E-state index contributed by atoms with van der Waals surface area (Å²) in [6.45, 7) is 2.22. The molecule has 42 heavy (non-hydrogen) atoms. The van der Waals surface area contributed by atoms with Crippen LogP contribution in [0.5, 0.6) is 0 Å². The van der Waals surface area contributed by atoms with Crippen molar-refractivity contribution in [3.8, 4) is 11.4 Å². The molecule has 0 aliphatic carbocycles. The Bertz CT molecular complexity index is 2720. The van der Waals surface area contributed by atoms with Gasteiger partial charge in [0.25, 0.3) is 0 Å². The monoisotopic (exact) mass is 651 g/mol. The lowest BCUT2D eigenvalue weighted by atomic mass is 10.0. The van der Waals surface area contributed by atoms with E-state index in [0.29, 0.717) is 0 Å². The van der Waals surface area contributed by atoms with Gasteiger partial charge in [-0.2, -0.15) is 0 Å². The molecule has 2 aromatic heterocycles. The van der Waals surface area contributed by atoms with Gasteiger partial charge in [-0.05, 0) is 71.5 Å². The average Bonchev–Trinajstić information content (AvgIpc) is 3.56. The van der Waals surface area contributed by atoms with E-state index in [-0.39, 0.29) is 0 Å². The van der Waals surface area contributed by atoms with E-state index in [1.807, 2.05) is 0 Å². The summed E-state index contributed by atoms with van der Waals surface area (Å²) in [6, 6.07) is 41.6. The topological polar surface area (TPSA) is 27.4 Å². The number of halogens is 1. The van der Waals surface area contributed by atoms with Crippen LogP contribution < -0.4 is 0 Å². The van der Waals surface area contributed by atoms with Crippen LogP contribution in [0, 0.1) is 10.5 Å². The van der Waals surface area contributed by atoms with Crippen LogP contribution >= 0.6 is 22.6 Å². The second-order valence-electron chi connectivity index (χ2n) is 11.2. The van der Waals surface area contributed by atoms with Gasteiger partial charge in [0.15, 0.2) is 0 Å². The first-order valence-electron chi connectivity index (χ1n) is 14.2. The zero-order valence-electron chi connectivity index (χ0n) is 22.6. The van der Waals surface area contributed by atoms with Crippen molar-refractivity contribution in [2.75, 3.05) is 0 Å². The molecule has 2 aliphatic heterocycles. The van der Waals surface area contributed by atoms with Gasteiger partial charge in [0.05, 0.1) is 44.3 Å². The van der Waals surface area contributed by atoms with E-state index in [4.69, 9.17) is 4.42 Å². The Morgan fingerprint density at radius 1 is 0.595 bits per heavy atom. The predicted molar refractivity (Wildman–Crippen MR) is 182 cm³/mol. The van der Waals surface area contributed by atoms with Crippen LogP contribution in [0.2, 0.25) is 0 Å². The van der Waals surface area contributed by atoms with Crippen molar-refractivity contribution in [2.45, 2.75) is 6.92 Å². The van der Waals surface area contributed by atoms with E-state index in [2.05, 4.69) is 159 Å². The molecule has 0 unspecified atom stereocenters. The molecule has 4 heterocycles. The lowest BCUT2D eigenvalue weighted by Crippen LogP contribution is -2.17. The summed E-state index contributed by atoms with van der Waals surface area (Å²) >= 11 is 2.47. The molecule has 0 spiro atoms. The Labute approximate surface area is 253 Å². The lowest BCUT2D eigenvalue weighted by Gasteiger charge is -2.28. The number of rotatable bonds is 1. The first kappa shape index (κ1) is 22.9. The zero-order valence-corrected chi connectivity index (χ0v) is 24.8. The highest BCUT2D eigenvalue weighted by Crippen LogP contribution is 2.47. The number of aromatic nitrogens is 3. The van der Waals surface area contributed by atoms with E-state index in [1.165, 1.54) is 47.5 Å². The van der Waals surface area contributed by atoms with E-state index in [9.17, 15) is 0 Å². The quantitative estimate of drug-likeness (QED) is 0.0986. The van der Waals surface area contributed by atoms with Crippen LogP contribution in [0.3, 0.4) is 0 Å². The minimum absolute atomic E-state index is 0.908. The molecule has 8 aromatic rings. The van der Waals surface area contributed by atoms with Gasteiger partial charge in [0.1, 0.15) is 11.2 Å². The molecule has 198 valence electrons. The summed E-state index contributed by atoms with van der Waals surface area (Å²) < 4.78 is 15.3. The maximum absolute atomic E-state index is 6.77. The van der Waals surface area contributed by atoms with Crippen molar-refractivity contribution >= 4 is 93.7 Å². The van der Waals surface area contributed by atoms with Crippen LogP contribution in [-0.2, 0) is 0 Å². The van der Waals surface area contributed by atoms with Gasteiger partial charge in [0.2, 0.25) is 0 Å². The molecular formula is C37H22IN3O. The van der Waals surface area contributed by atoms with Crippen LogP contribution in [0.25, 0.3) is 82.4 Å². The number of aryl methyl sites for hydroxylation is 1. The second-order valence-corrected chi connectivity index (χ2v) is 12.3. The van der Waals surface area contributed by atoms with E-state index < -0.39 is 0 Å². The molecule has 0 amide bonds. The normalized spacial score (nSPS) is 12.5. The van der Waals surface area contributed by atoms with Gasteiger partial charge in [-0.1, -0.05) is 78.9 Å². The molecule has 0 atom stereocenters. The molecule has 0 N–H and O–H groups in total. The van der Waals surface area contributed by atoms with E-state index in [0.717, 1.165) is 44.0 Å². The molecule has 0 fully saturated rings. The highest BCUT2D eigenvalue weighted by molar-refractivity contribution is 14.1. The average molecular weight is 652 g/mol. The largest absolute Gasteiger partial charge is 0.455 e. The van der Waals surface area contributed by atoms with Gasteiger partial charge in [-0.25, -0.2) is 9.20 Å². The summed E-state index contributed by atoms with van der Waals surface area (Å²) in [5, 5.41) is 7.10. The number of para-hydroxylation sites is 5. The fraction of sp³-hybridized carbons (Fsp3) is 0.0270. The second kappa shape index (κ2) is 7.95. The Hall–Kier alpha value is -4.75. The SMILES string of the molecule is Cc1cccc2c1n1n3c4ccccc4c4cccc(c5c-1c(cc1c6ccccc6oc15)n2-c1ccccc1I)c43. The van der Waals surface area contributed by atoms with Gasteiger partial charge in [-0.15, -0.1) is 0 Å². The summed E-state index contributed by atoms with van der Waals surface area (Å²) in [6.07, 6.45) is 0. The third kappa shape index (κ3) is 2.68. The maximum Gasteiger partial charge on any atom is 0.145 e. The van der Waals surface area contributed by atoms with Crippen LogP contribution in [0.15, 0.2) is 120 Å². The molecule has 0 bridgehead atoms. The van der Waals surface area contributed by atoms with E-state index in [1.54, 1.807) is 0 Å². The van der Waals surface area contributed by atoms with Gasteiger partial charge >= 0.3 is 0 Å². The molecular weight excluding hydrogens is 629 g/mol. The summed E-state index contributed by atoms with van der Waals surface area (Å²) in [4.78, 5) is 0. The molecule has 4 nitrogen and oxygen atoms in total. The fourth-order valence-corrected chi connectivity index (χ4v) is 7.94. The summed E-state index contributed by atoms with van der Waals surface area (Å²) in [5.74, 6) is 0. The Balaban J connectivity index is 1.66. The fourth-order valence-electron chi connectivity index (χ4n) is 7.31. The van der Waals surface area contributed by atoms with Crippen molar-refractivity contribution in [3.63, 3.8) is 0 Å². The molecule has 5 heteroatoms. The number of fused-ring (bicyclic) bond motifs is 11. The highest BCUT2D eigenvalue weighted by atomic mass is 127. The first-order chi connectivity index (χ1) is 20.7. The Morgan fingerprint density at radius 2 is 1.31 bits per heavy atom. The minimum atomic E-state index is 0.908. The molecule has 0 saturated heterocycles. The van der Waals surface area contributed by atoms with Gasteiger partial charge < -0.3 is 8.98 Å². The molecule has 6 aromatic carbocycles. The number of hydrogen-bond donors (Lipinski definition) is 0. The third-order valence-corrected chi connectivity index (χ3v) is 9.89. The smallest absolute Gasteiger partial charge is 0.145 e. The lowest BCUT2D eigenvalue weighted by molar-refractivity contribution is 0.672. The molecule has 0 saturated carbocycles. The van der Waals surface area contributed by atoms with Crippen molar-refractivity contribution in [2.24, 2.45) is 0 Å². The van der Waals surface area contributed by atoms with Crippen molar-refractivity contribution in [3.05, 3.63) is 124 Å². The highest BCUT2D eigenvalue weighted by Gasteiger charge is 2.28. The van der Waals surface area contributed by atoms with E-state index >= 15 is 0 Å². The minimum Gasteiger partial charge on any atom is -0.455 e. The third-order valence-electron chi connectivity index (χ3n) is 8.98. The predicted octanol–water partition coefficient (Wildman–Crippen LogP) is 10.4. The van der Waals surface area contributed by atoms with Crippen molar-refractivity contribution in [1.29, 1.82) is 0 Å². The molecule has 0 radical (unpaired) electrons. The standard InChI is InChI=1S/C37H22IN3O/c1-21-10-8-18-30-34(21)41-36-31(39(30)29-17-6-4-15-27(29)38)20-26-23-12-3-7-19-32(23)42-37(26)33(36)25-14-9-13-24-22-11-2-5-16-28(22)40(41)35(24)25/h2-20H,1H3. The van der Waals surface area contributed by atoms with Crippen LogP contribution in [0.4, 0.5) is 0 Å². The van der Waals surface area contributed by atoms with Crippen molar-refractivity contribution < 1.29 is 4.42 Å². The molecule has 10 rings (SSSR count). The van der Waals surface area contributed by atoms with Crippen molar-refractivity contribution in [1.82, 2.24) is 13.8 Å². The number of benzene rings is 6. The Kier molecular flexibility index (Phi) is 4.33. The zero-order chi connectivity index (χ0) is 27.7. The van der Waals surface area contributed by atoms with Crippen LogP contribution in [-0.4, -0.2) is 13.8 Å². The maximum atomic E-state index is 6.77. The first-order valence-corrected chi connectivity index (χ1v) is 15.2. The van der Waals surface area contributed by atoms with Gasteiger partial charge in [-0.3, -0.25) is 0 Å². The number of furan rings is 1. The number of nitrogens with zero attached hydrogens (tertiary/aromatic N) is 3. The Morgan fingerprint density at radius 3 is 2.21 bits per heavy atom. The molecule has 2 aliphatic rings. The number of hydrogen-bond acceptors (Lipinski definition) is 1. The summed E-state index contributed by atoms with van der Waals surface area (Å²) in [5.41, 5.74) is 11.3.